The van der Waals surface area contributed by atoms with Crippen LogP contribution in [0.5, 0.6) is 0 Å². The zero-order chi connectivity index (χ0) is 19.1. The van der Waals surface area contributed by atoms with E-state index < -0.39 is 0 Å². The number of oxazole rings is 1. The quantitative estimate of drug-likeness (QED) is 0.439. The minimum absolute atomic E-state index is 0.189. The number of benzene rings is 2. The number of nitrogens with zero attached hydrogens (tertiary/aromatic N) is 1. The Labute approximate surface area is 164 Å². The molecule has 0 aliphatic carbocycles. The molecule has 0 spiro atoms. The van der Waals surface area contributed by atoms with Crippen molar-refractivity contribution in [1.82, 2.24) is 9.97 Å². The lowest BCUT2D eigenvalue weighted by Gasteiger charge is -2.09. The summed E-state index contributed by atoms with van der Waals surface area (Å²) in [6.45, 7) is 5.85. The highest BCUT2D eigenvalue weighted by molar-refractivity contribution is 9.10. The zero-order valence-corrected chi connectivity index (χ0v) is 16.8. The van der Waals surface area contributed by atoms with Crippen LogP contribution >= 0.6 is 15.9 Å². The number of rotatable bonds is 3. The standard InChI is InChI=1S/C21H18BrN3O2/c1-11-4-5-14(21-23-12(2)10-27-21)8-18(11)25-20(26)19-9-15-13(3)16(22)6-7-17(15)24-19/h4-10,24H,1-3H3,(H,25,26). The molecule has 0 aliphatic rings. The van der Waals surface area contributed by atoms with Crippen LogP contribution in [0.4, 0.5) is 5.69 Å². The Morgan fingerprint density at radius 3 is 2.70 bits per heavy atom. The fourth-order valence-corrected chi connectivity index (χ4v) is 3.36. The number of carbonyl (C=O) groups excluding carboxylic acids is 1. The Balaban J connectivity index is 1.66. The summed E-state index contributed by atoms with van der Waals surface area (Å²) in [5.74, 6) is 0.347. The number of hydrogen-bond donors (Lipinski definition) is 2. The molecule has 0 saturated carbocycles. The Bertz CT molecular complexity index is 1170. The minimum atomic E-state index is -0.189. The fourth-order valence-electron chi connectivity index (χ4n) is 3.01. The number of aryl methyl sites for hydroxylation is 3. The monoisotopic (exact) mass is 423 g/mol. The van der Waals surface area contributed by atoms with E-state index in [1.165, 1.54) is 0 Å². The van der Waals surface area contributed by atoms with Gasteiger partial charge in [-0.3, -0.25) is 4.79 Å². The number of aromatic nitrogens is 2. The lowest BCUT2D eigenvalue weighted by atomic mass is 10.1. The minimum Gasteiger partial charge on any atom is -0.444 e. The van der Waals surface area contributed by atoms with Crippen molar-refractivity contribution in [3.05, 3.63) is 69.6 Å². The maximum absolute atomic E-state index is 12.8. The van der Waals surface area contributed by atoms with Gasteiger partial charge in [0, 0.05) is 26.6 Å². The number of aromatic amines is 1. The number of H-pyrrole nitrogens is 1. The summed E-state index contributed by atoms with van der Waals surface area (Å²) in [6, 6.07) is 11.6. The molecule has 4 aromatic rings. The molecule has 2 aromatic heterocycles. The van der Waals surface area contributed by atoms with E-state index >= 15 is 0 Å². The average molecular weight is 424 g/mol. The van der Waals surface area contributed by atoms with Crippen LogP contribution in [-0.4, -0.2) is 15.9 Å². The van der Waals surface area contributed by atoms with Crippen LogP contribution in [0.1, 0.15) is 27.3 Å². The normalized spacial score (nSPS) is 11.1. The first-order valence-corrected chi connectivity index (χ1v) is 9.34. The van der Waals surface area contributed by atoms with Gasteiger partial charge in [0.2, 0.25) is 5.89 Å². The van der Waals surface area contributed by atoms with E-state index in [9.17, 15) is 4.79 Å². The van der Waals surface area contributed by atoms with Gasteiger partial charge >= 0.3 is 0 Å². The highest BCUT2D eigenvalue weighted by Crippen LogP contribution is 2.28. The predicted molar refractivity (Wildman–Crippen MR) is 110 cm³/mol. The first-order valence-electron chi connectivity index (χ1n) is 8.54. The van der Waals surface area contributed by atoms with Gasteiger partial charge in [-0.25, -0.2) is 4.98 Å². The second-order valence-electron chi connectivity index (χ2n) is 6.59. The van der Waals surface area contributed by atoms with Gasteiger partial charge in [-0.15, -0.1) is 0 Å². The van der Waals surface area contributed by atoms with Crippen LogP contribution < -0.4 is 5.32 Å². The van der Waals surface area contributed by atoms with Gasteiger partial charge in [-0.1, -0.05) is 22.0 Å². The molecule has 0 unspecified atom stereocenters. The highest BCUT2D eigenvalue weighted by atomic mass is 79.9. The Morgan fingerprint density at radius 1 is 1.15 bits per heavy atom. The molecule has 0 bridgehead atoms. The Morgan fingerprint density at radius 2 is 1.96 bits per heavy atom. The fraction of sp³-hybridized carbons (Fsp3) is 0.143. The van der Waals surface area contributed by atoms with Gasteiger partial charge in [0.05, 0.1) is 5.69 Å². The molecule has 2 heterocycles. The molecule has 0 fully saturated rings. The van der Waals surface area contributed by atoms with E-state index in [4.69, 9.17) is 4.42 Å². The Kier molecular flexibility index (Phi) is 4.36. The van der Waals surface area contributed by atoms with E-state index in [1.54, 1.807) is 6.26 Å². The number of fused-ring (bicyclic) bond motifs is 1. The van der Waals surface area contributed by atoms with Crippen molar-refractivity contribution >= 4 is 38.4 Å². The molecule has 2 aromatic carbocycles. The molecule has 0 radical (unpaired) electrons. The van der Waals surface area contributed by atoms with Crippen molar-refractivity contribution in [2.75, 3.05) is 5.32 Å². The molecule has 1 amide bonds. The molecule has 4 rings (SSSR count). The number of carbonyl (C=O) groups is 1. The summed E-state index contributed by atoms with van der Waals surface area (Å²) < 4.78 is 6.48. The molecule has 2 N–H and O–H groups in total. The molecule has 0 atom stereocenters. The SMILES string of the molecule is Cc1coc(-c2ccc(C)c(NC(=O)c3cc4c(C)c(Br)ccc4[nH]3)c2)n1. The summed E-state index contributed by atoms with van der Waals surface area (Å²) in [6.07, 6.45) is 1.61. The topological polar surface area (TPSA) is 70.9 Å². The zero-order valence-electron chi connectivity index (χ0n) is 15.2. The van der Waals surface area contributed by atoms with E-state index in [1.807, 2.05) is 57.2 Å². The summed E-state index contributed by atoms with van der Waals surface area (Å²) in [5.41, 5.74) is 5.87. The highest BCUT2D eigenvalue weighted by Gasteiger charge is 2.14. The largest absolute Gasteiger partial charge is 0.444 e. The molecular weight excluding hydrogens is 406 g/mol. The van der Waals surface area contributed by atoms with E-state index in [0.717, 1.165) is 43.4 Å². The summed E-state index contributed by atoms with van der Waals surface area (Å²) in [4.78, 5) is 20.3. The van der Waals surface area contributed by atoms with Gasteiger partial charge in [-0.05, 0) is 62.2 Å². The Hall–Kier alpha value is -2.86. The van der Waals surface area contributed by atoms with Gasteiger partial charge in [0.15, 0.2) is 0 Å². The van der Waals surface area contributed by atoms with Gasteiger partial charge in [0.25, 0.3) is 5.91 Å². The van der Waals surface area contributed by atoms with E-state index in [-0.39, 0.29) is 5.91 Å². The molecule has 5 nitrogen and oxygen atoms in total. The summed E-state index contributed by atoms with van der Waals surface area (Å²) in [5, 5.41) is 4.01. The number of halogens is 1. The summed E-state index contributed by atoms with van der Waals surface area (Å²) in [7, 11) is 0. The first-order chi connectivity index (χ1) is 12.9. The van der Waals surface area contributed by atoms with Crippen LogP contribution in [0.15, 0.2) is 51.6 Å². The van der Waals surface area contributed by atoms with Crippen molar-refractivity contribution in [1.29, 1.82) is 0 Å². The number of anilines is 1. The van der Waals surface area contributed by atoms with Gasteiger partial charge < -0.3 is 14.7 Å². The first kappa shape index (κ1) is 17.5. The molecule has 6 heteroatoms. The van der Waals surface area contributed by atoms with Crippen molar-refractivity contribution in [2.24, 2.45) is 0 Å². The lowest BCUT2D eigenvalue weighted by molar-refractivity contribution is 0.102. The van der Waals surface area contributed by atoms with E-state index in [2.05, 4.69) is 31.2 Å². The maximum Gasteiger partial charge on any atom is 0.272 e. The molecular formula is C21H18BrN3O2. The van der Waals surface area contributed by atoms with Crippen molar-refractivity contribution in [3.8, 4) is 11.5 Å². The maximum atomic E-state index is 12.8. The smallest absolute Gasteiger partial charge is 0.272 e. The van der Waals surface area contributed by atoms with Crippen LogP contribution in [0.2, 0.25) is 0 Å². The third-order valence-corrected chi connectivity index (χ3v) is 5.46. The van der Waals surface area contributed by atoms with Crippen LogP contribution in [0.3, 0.4) is 0 Å². The van der Waals surface area contributed by atoms with Gasteiger partial charge in [-0.2, -0.15) is 0 Å². The van der Waals surface area contributed by atoms with Crippen LogP contribution in [0, 0.1) is 20.8 Å². The molecule has 0 saturated heterocycles. The third kappa shape index (κ3) is 3.28. The number of hydrogen-bond acceptors (Lipinski definition) is 3. The van der Waals surface area contributed by atoms with Crippen molar-refractivity contribution < 1.29 is 9.21 Å². The van der Waals surface area contributed by atoms with Crippen LogP contribution in [0.25, 0.3) is 22.4 Å². The molecule has 136 valence electrons. The second kappa shape index (κ2) is 6.70. The van der Waals surface area contributed by atoms with Gasteiger partial charge in [0.1, 0.15) is 12.0 Å². The summed E-state index contributed by atoms with van der Waals surface area (Å²) >= 11 is 3.53. The predicted octanol–water partition coefficient (Wildman–Crippen LogP) is 5.76. The second-order valence-corrected chi connectivity index (χ2v) is 7.45. The number of nitrogens with one attached hydrogen (secondary N) is 2. The molecule has 27 heavy (non-hydrogen) atoms. The van der Waals surface area contributed by atoms with Crippen molar-refractivity contribution in [3.63, 3.8) is 0 Å². The molecule has 0 aliphatic heterocycles. The average Bonchev–Trinajstić information content (AvgIpc) is 3.27. The van der Waals surface area contributed by atoms with Crippen molar-refractivity contribution in [2.45, 2.75) is 20.8 Å². The van der Waals surface area contributed by atoms with Crippen LogP contribution in [-0.2, 0) is 0 Å². The lowest BCUT2D eigenvalue weighted by Crippen LogP contribution is -2.13. The number of amides is 1. The van der Waals surface area contributed by atoms with E-state index in [0.29, 0.717) is 11.6 Å². The third-order valence-electron chi connectivity index (χ3n) is 4.60.